The maximum Gasteiger partial charge on any atom is 0.0580 e. The molecule has 0 amide bonds. The lowest BCUT2D eigenvalue weighted by Crippen LogP contribution is -2.10. The van der Waals surface area contributed by atoms with Gasteiger partial charge in [-0.2, -0.15) is 0 Å². The fourth-order valence-electron chi connectivity index (χ4n) is 1.92. The van der Waals surface area contributed by atoms with Crippen LogP contribution >= 0.6 is 15.9 Å². The minimum absolute atomic E-state index is 0.505. The zero-order chi connectivity index (χ0) is 9.68. The number of hydrogen-bond acceptors (Lipinski definition) is 1. The van der Waals surface area contributed by atoms with E-state index in [2.05, 4.69) is 29.8 Å². The molecule has 1 aliphatic rings. The second-order valence-corrected chi connectivity index (χ2v) is 5.40. The summed E-state index contributed by atoms with van der Waals surface area (Å²) < 4.78 is 5.77. The van der Waals surface area contributed by atoms with Crippen LogP contribution in [-0.4, -0.2) is 17.0 Å². The summed E-state index contributed by atoms with van der Waals surface area (Å²) in [5.41, 5.74) is 0. The van der Waals surface area contributed by atoms with Crippen molar-refractivity contribution in [3.8, 4) is 0 Å². The standard InChI is InChI=1S/C11H21BrO/c1-3-4-10(12)6-8-11-7-5-9(2)13-11/h9-11H,3-8H2,1-2H3. The van der Waals surface area contributed by atoms with Crippen molar-refractivity contribution >= 4 is 15.9 Å². The molecule has 0 bridgehead atoms. The Morgan fingerprint density at radius 2 is 2.15 bits per heavy atom. The molecule has 0 saturated carbocycles. The maximum atomic E-state index is 5.77. The van der Waals surface area contributed by atoms with E-state index < -0.39 is 0 Å². The van der Waals surface area contributed by atoms with Crippen LogP contribution < -0.4 is 0 Å². The molecule has 3 unspecified atom stereocenters. The Kier molecular flexibility index (Phi) is 5.34. The second-order valence-electron chi connectivity index (χ2n) is 4.11. The zero-order valence-electron chi connectivity index (χ0n) is 8.76. The summed E-state index contributed by atoms with van der Waals surface area (Å²) in [7, 11) is 0. The highest BCUT2D eigenvalue weighted by atomic mass is 79.9. The van der Waals surface area contributed by atoms with Crippen LogP contribution in [0.3, 0.4) is 0 Å². The molecule has 1 rings (SSSR count). The van der Waals surface area contributed by atoms with E-state index in [1.165, 1.54) is 38.5 Å². The molecule has 0 N–H and O–H groups in total. The van der Waals surface area contributed by atoms with Crippen LogP contribution in [0.15, 0.2) is 0 Å². The van der Waals surface area contributed by atoms with Gasteiger partial charge in [0.15, 0.2) is 0 Å². The van der Waals surface area contributed by atoms with E-state index >= 15 is 0 Å². The van der Waals surface area contributed by atoms with Crippen LogP contribution in [0.2, 0.25) is 0 Å². The van der Waals surface area contributed by atoms with Gasteiger partial charge in [-0.3, -0.25) is 0 Å². The first-order valence-corrected chi connectivity index (χ1v) is 6.43. The third-order valence-electron chi connectivity index (χ3n) is 2.72. The lowest BCUT2D eigenvalue weighted by atomic mass is 10.1. The van der Waals surface area contributed by atoms with Crippen molar-refractivity contribution in [2.75, 3.05) is 0 Å². The van der Waals surface area contributed by atoms with Gasteiger partial charge in [0.25, 0.3) is 0 Å². The SMILES string of the molecule is CCCC(Br)CCC1CCC(C)O1. The highest BCUT2D eigenvalue weighted by Gasteiger charge is 2.21. The van der Waals surface area contributed by atoms with Gasteiger partial charge >= 0.3 is 0 Å². The Balaban J connectivity index is 2.05. The van der Waals surface area contributed by atoms with E-state index in [1.807, 2.05) is 0 Å². The number of rotatable bonds is 5. The minimum atomic E-state index is 0.505. The molecule has 0 aliphatic carbocycles. The van der Waals surface area contributed by atoms with Gasteiger partial charge in [-0.1, -0.05) is 29.3 Å². The summed E-state index contributed by atoms with van der Waals surface area (Å²) in [6.07, 6.45) is 8.65. The molecule has 0 aromatic carbocycles. The van der Waals surface area contributed by atoms with E-state index in [0.717, 1.165) is 0 Å². The molecule has 0 spiro atoms. The largest absolute Gasteiger partial charge is 0.375 e. The second kappa shape index (κ2) is 6.02. The first kappa shape index (κ1) is 11.5. The van der Waals surface area contributed by atoms with Gasteiger partial charge in [-0.05, 0) is 39.0 Å². The monoisotopic (exact) mass is 248 g/mol. The van der Waals surface area contributed by atoms with Crippen LogP contribution in [-0.2, 0) is 4.74 Å². The summed E-state index contributed by atoms with van der Waals surface area (Å²) >= 11 is 3.70. The molecule has 13 heavy (non-hydrogen) atoms. The zero-order valence-corrected chi connectivity index (χ0v) is 10.3. The number of hydrogen-bond donors (Lipinski definition) is 0. The van der Waals surface area contributed by atoms with Crippen molar-refractivity contribution in [3.05, 3.63) is 0 Å². The Morgan fingerprint density at radius 3 is 2.69 bits per heavy atom. The first-order chi connectivity index (χ1) is 6.22. The molecule has 0 aromatic heterocycles. The molecular formula is C11H21BrO. The molecule has 1 saturated heterocycles. The topological polar surface area (TPSA) is 9.23 Å². The molecule has 0 aromatic rings. The van der Waals surface area contributed by atoms with Crippen LogP contribution in [0.1, 0.15) is 52.4 Å². The van der Waals surface area contributed by atoms with Gasteiger partial charge in [0, 0.05) is 4.83 Å². The molecule has 78 valence electrons. The first-order valence-electron chi connectivity index (χ1n) is 5.52. The van der Waals surface area contributed by atoms with Crippen molar-refractivity contribution in [1.82, 2.24) is 0 Å². The Bertz CT molecular complexity index is 138. The molecule has 2 heteroatoms. The molecule has 1 nitrogen and oxygen atoms in total. The predicted octanol–water partition coefficient (Wildman–Crippen LogP) is 3.90. The van der Waals surface area contributed by atoms with E-state index in [-0.39, 0.29) is 0 Å². The summed E-state index contributed by atoms with van der Waals surface area (Å²) in [6, 6.07) is 0. The average Bonchev–Trinajstić information content (AvgIpc) is 2.49. The Labute approximate surface area is 90.4 Å². The van der Waals surface area contributed by atoms with Gasteiger partial charge in [0.05, 0.1) is 12.2 Å². The van der Waals surface area contributed by atoms with Crippen LogP contribution in [0, 0.1) is 0 Å². The summed E-state index contributed by atoms with van der Waals surface area (Å²) in [5.74, 6) is 0. The molecule has 3 atom stereocenters. The molecule has 1 aliphatic heterocycles. The lowest BCUT2D eigenvalue weighted by molar-refractivity contribution is 0.0498. The van der Waals surface area contributed by atoms with Crippen molar-refractivity contribution < 1.29 is 4.74 Å². The van der Waals surface area contributed by atoms with Gasteiger partial charge in [0.2, 0.25) is 0 Å². The van der Waals surface area contributed by atoms with Gasteiger partial charge in [-0.25, -0.2) is 0 Å². The van der Waals surface area contributed by atoms with Crippen molar-refractivity contribution in [2.24, 2.45) is 0 Å². The summed E-state index contributed by atoms with van der Waals surface area (Å²) in [5, 5.41) is 0. The van der Waals surface area contributed by atoms with Crippen molar-refractivity contribution in [1.29, 1.82) is 0 Å². The Morgan fingerprint density at radius 1 is 1.38 bits per heavy atom. The number of ether oxygens (including phenoxy) is 1. The fourth-order valence-corrected chi connectivity index (χ4v) is 2.64. The van der Waals surface area contributed by atoms with Crippen molar-refractivity contribution in [2.45, 2.75) is 69.4 Å². The molecule has 0 radical (unpaired) electrons. The van der Waals surface area contributed by atoms with Gasteiger partial charge < -0.3 is 4.74 Å². The lowest BCUT2D eigenvalue weighted by Gasteiger charge is -2.13. The normalized spacial score (nSPS) is 30.7. The van der Waals surface area contributed by atoms with E-state index in [1.54, 1.807) is 0 Å². The van der Waals surface area contributed by atoms with Crippen molar-refractivity contribution in [3.63, 3.8) is 0 Å². The van der Waals surface area contributed by atoms with Crippen LogP contribution in [0.5, 0.6) is 0 Å². The molecule has 1 fully saturated rings. The third kappa shape index (κ3) is 4.46. The van der Waals surface area contributed by atoms with Crippen LogP contribution in [0.4, 0.5) is 0 Å². The minimum Gasteiger partial charge on any atom is -0.375 e. The number of halogens is 1. The smallest absolute Gasteiger partial charge is 0.0580 e. The highest BCUT2D eigenvalue weighted by molar-refractivity contribution is 9.09. The Hall–Kier alpha value is 0.440. The highest BCUT2D eigenvalue weighted by Crippen LogP contribution is 2.25. The van der Waals surface area contributed by atoms with Gasteiger partial charge in [0.1, 0.15) is 0 Å². The van der Waals surface area contributed by atoms with Gasteiger partial charge in [-0.15, -0.1) is 0 Å². The van der Waals surface area contributed by atoms with E-state index in [9.17, 15) is 0 Å². The molecule has 1 heterocycles. The average molecular weight is 249 g/mol. The number of alkyl halides is 1. The van der Waals surface area contributed by atoms with Crippen LogP contribution in [0.25, 0.3) is 0 Å². The van der Waals surface area contributed by atoms with E-state index in [4.69, 9.17) is 4.74 Å². The summed E-state index contributed by atoms with van der Waals surface area (Å²) in [4.78, 5) is 0.706. The summed E-state index contributed by atoms with van der Waals surface area (Å²) in [6.45, 7) is 4.42. The van der Waals surface area contributed by atoms with E-state index in [0.29, 0.717) is 17.0 Å². The predicted molar refractivity (Wildman–Crippen MR) is 60.4 cm³/mol. The third-order valence-corrected chi connectivity index (χ3v) is 3.64. The quantitative estimate of drug-likeness (QED) is 0.671. The fraction of sp³-hybridized carbons (Fsp3) is 1.00. The molecular weight excluding hydrogens is 228 g/mol. The maximum absolute atomic E-state index is 5.77.